The zero-order chi connectivity index (χ0) is 14.5. The van der Waals surface area contributed by atoms with Crippen LogP contribution >= 0.6 is 11.3 Å². The van der Waals surface area contributed by atoms with Crippen molar-refractivity contribution in [3.8, 4) is 0 Å². The van der Waals surface area contributed by atoms with Gasteiger partial charge in [0.2, 0.25) is 10.6 Å². The summed E-state index contributed by atoms with van der Waals surface area (Å²) in [7, 11) is 0. The summed E-state index contributed by atoms with van der Waals surface area (Å²) in [6, 6.07) is 8.67. The van der Waals surface area contributed by atoms with Gasteiger partial charge in [-0.05, 0) is 17.5 Å². The van der Waals surface area contributed by atoms with Crippen molar-refractivity contribution in [1.82, 2.24) is 10.8 Å². The monoisotopic (exact) mass is 292 g/mol. The number of fused-ring (bicyclic) bond motifs is 1. The maximum absolute atomic E-state index is 11.9. The average Bonchev–Trinajstić information content (AvgIpc) is 2.46. The molecule has 20 heavy (non-hydrogen) atoms. The van der Waals surface area contributed by atoms with Crippen LogP contribution in [0.3, 0.4) is 0 Å². The third kappa shape index (κ3) is 3.19. The highest BCUT2D eigenvalue weighted by atomic mass is 32.1. The molecule has 0 saturated carbocycles. The van der Waals surface area contributed by atoms with E-state index in [9.17, 15) is 14.4 Å². The zero-order valence-corrected chi connectivity index (χ0v) is 11.2. The summed E-state index contributed by atoms with van der Waals surface area (Å²) in [4.78, 5) is 34.8. The molecule has 0 saturated heterocycles. The van der Waals surface area contributed by atoms with Gasteiger partial charge in [0, 0.05) is 18.4 Å². The Morgan fingerprint density at radius 1 is 1.25 bits per heavy atom. The highest BCUT2D eigenvalue weighted by molar-refractivity contribution is 7.12. The van der Waals surface area contributed by atoms with Gasteiger partial charge in [-0.3, -0.25) is 19.6 Å². The van der Waals surface area contributed by atoms with Crippen molar-refractivity contribution in [1.29, 1.82) is 0 Å². The van der Waals surface area contributed by atoms with Crippen molar-refractivity contribution < 1.29 is 14.8 Å². The van der Waals surface area contributed by atoms with E-state index in [1.54, 1.807) is 30.3 Å². The van der Waals surface area contributed by atoms with E-state index in [1.807, 2.05) is 0 Å². The number of rotatable bonds is 4. The van der Waals surface area contributed by atoms with E-state index in [2.05, 4.69) is 5.32 Å². The summed E-state index contributed by atoms with van der Waals surface area (Å²) in [5.41, 5.74) is 1.47. The van der Waals surface area contributed by atoms with Gasteiger partial charge < -0.3 is 5.32 Å². The third-order valence-electron chi connectivity index (χ3n) is 2.66. The normalized spacial score (nSPS) is 10.2. The van der Waals surface area contributed by atoms with Gasteiger partial charge in [-0.25, -0.2) is 5.48 Å². The van der Waals surface area contributed by atoms with Crippen LogP contribution in [-0.2, 0) is 4.79 Å². The first-order valence-electron chi connectivity index (χ1n) is 5.86. The Kier molecular flexibility index (Phi) is 4.44. The number of hydroxylamine groups is 1. The van der Waals surface area contributed by atoms with Gasteiger partial charge in [0.25, 0.3) is 5.91 Å². The van der Waals surface area contributed by atoms with Gasteiger partial charge in [-0.15, -0.1) is 0 Å². The third-order valence-corrected chi connectivity index (χ3v) is 3.58. The molecule has 7 heteroatoms. The van der Waals surface area contributed by atoms with Gasteiger partial charge in [-0.1, -0.05) is 29.5 Å². The zero-order valence-electron chi connectivity index (χ0n) is 10.4. The molecule has 2 amide bonds. The Bertz CT molecular complexity index is 711. The van der Waals surface area contributed by atoms with Crippen LogP contribution in [0, 0.1) is 0 Å². The molecule has 0 unspecified atom stereocenters. The predicted octanol–water partition coefficient (Wildman–Crippen LogP) is 0.887. The van der Waals surface area contributed by atoms with Crippen LogP contribution in [0.2, 0.25) is 0 Å². The Hall–Kier alpha value is -2.25. The van der Waals surface area contributed by atoms with E-state index < -0.39 is 11.8 Å². The Balaban J connectivity index is 2.14. The molecule has 2 rings (SSSR count). The van der Waals surface area contributed by atoms with Crippen LogP contribution in [0.25, 0.3) is 10.8 Å². The second kappa shape index (κ2) is 6.27. The van der Waals surface area contributed by atoms with Crippen molar-refractivity contribution >= 4 is 33.9 Å². The molecule has 0 radical (unpaired) electrons. The van der Waals surface area contributed by atoms with Gasteiger partial charge in [0.15, 0.2) is 0 Å². The van der Waals surface area contributed by atoms with Crippen LogP contribution < -0.4 is 15.5 Å². The van der Waals surface area contributed by atoms with E-state index in [4.69, 9.17) is 5.21 Å². The largest absolute Gasteiger partial charge is 0.351 e. The predicted molar refractivity (Wildman–Crippen MR) is 75.0 cm³/mol. The van der Waals surface area contributed by atoms with Gasteiger partial charge in [-0.2, -0.15) is 0 Å². The standard InChI is InChI=1S/C13H12N2O4S/c16-11(15-19)5-6-14-12(17)10-7-8-3-1-2-4-9(8)13(18)20-10/h1-4,7,19H,5-6H2,(H,14,17)(H,15,16). The van der Waals surface area contributed by atoms with Crippen LogP contribution in [0.15, 0.2) is 35.1 Å². The Morgan fingerprint density at radius 3 is 2.75 bits per heavy atom. The highest BCUT2D eigenvalue weighted by Crippen LogP contribution is 2.14. The summed E-state index contributed by atoms with van der Waals surface area (Å²) in [5, 5.41) is 12.1. The van der Waals surface area contributed by atoms with Crippen molar-refractivity contribution in [2.24, 2.45) is 0 Å². The molecular formula is C13H12N2O4S. The van der Waals surface area contributed by atoms with E-state index in [-0.39, 0.29) is 22.6 Å². The number of benzene rings is 1. The molecule has 104 valence electrons. The summed E-state index contributed by atoms with van der Waals surface area (Å²) in [5.74, 6) is -0.999. The second-order valence-electron chi connectivity index (χ2n) is 4.03. The molecule has 3 N–H and O–H groups in total. The fourth-order valence-corrected chi connectivity index (χ4v) is 2.53. The molecule has 0 aliphatic carbocycles. The first-order chi connectivity index (χ1) is 9.61. The Labute approximate surface area is 118 Å². The number of hydrogen-bond donors (Lipinski definition) is 3. The van der Waals surface area contributed by atoms with E-state index >= 15 is 0 Å². The quantitative estimate of drug-likeness (QED) is 0.576. The lowest BCUT2D eigenvalue weighted by Crippen LogP contribution is -2.29. The lowest BCUT2D eigenvalue weighted by Gasteiger charge is -2.04. The lowest BCUT2D eigenvalue weighted by atomic mass is 10.2. The number of carbonyl (C=O) groups excluding carboxylic acids is 2. The molecule has 0 aliphatic rings. The molecule has 0 spiro atoms. The smallest absolute Gasteiger partial charge is 0.261 e. The molecule has 0 aliphatic heterocycles. The Morgan fingerprint density at radius 2 is 2.00 bits per heavy atom. The van der Waals surface area contributed by atoms with E-state index in [0.717, 1.165) is 11.3 Å². The van der Waals surface area contributed by atoms with Crippen molar-refractivity contribution in [3.05, 3.63) is 44.7 Å². The van der Waals surface area contributed by atoms with Gasteiger partial charge in [0.05, 0.1) is 4.88 Å². The maximum Gasteiger partial charge on any atom is 0.261 e. The first kappa shape index (κ1) is 14.2. The molecule has 0 atom stereocenters. The van der Waals surface area contributed by atoms with Crippen LogP contribution in [0.1, 0.15) is 16.1 Å². The maximum atomic E-state index is 11.9. The highest BCUT2D eigenvalue weighted by Gasteiger charge is 2.10. The second-order valence-corrected chi connectivity index (χ2v) is 5.04. The number of nitrogens with one attached hydrogen (secondary N) is 2. The minimum absolute atomic E-state index is 0.0370. The molecule has 0 bridgehead atoms. The van der Waals surface area contributed by atoms with Gasteiger partial charge >= 0.3 is 0 Å². The number of hydrogen-bond acceptors (Lipinski definition) is 5. The van der Waals surface area contributed by atoms with Gasteiger partial charge in [0.1, 0.15) is 0 Å². The summed E-state index contributed by atoms with van der Waals surface area (Å²) >= 11 is 0.862. The molecule has 1 heterocycles. The van der Waals surface area contributed by atoms with Crippen LogP contribution in [0.4, 0.5) is 0 Å². The topological polar surface area (TPSA) is 95.5 Å². The average molecular weight is 292 g/mol. The molecule has 2 aromatic rings. The molecule has 1 aromatic carbocycles. The SMILES string of the molecule is O=C(CCNC(=O)c1cc2ccccc2c(=O)s1)NO. The number of carbonyl (C=O) groups is 2. The molecular weight excluding hydrogens is 280 g/mol. The van der Waals surface area contributed by atoms with Crippen molar-refractivity contribution in [3.63, 3.8) is 0 Å². The summed E-state index contributed by atoms with van der Waals surface area (Å²) < 4.78 is -0.179. The lowest BCUT2D eigenvalue weighted by molar-refractivity contribution is -0.129. The fraction of sp³-hybridized carbons (Fsp3) is 0.154. The van der Waals surface area contributed by atoms with E-state index in [0.29, 0.717) is 10.8 Å². The van der Waals surface area contributed by atoms with E-state index in [1.165, 1.54) is 5.48 Å². The first-order valence-corrected chi connectivity index (χ1v) is 6.67. The fourth-order valence-electron chi connectivity index (χ4n) is 1.68. The molecule has 0 fully saturated rings. The minimum atomic E-state index is -0.586. The minimum Gasteiger partial charge on any atom is -0.351 e. The molecule has 6 nitrogen and oxygen atoms in total. The number of amides is 2. The van der Waals surface area contributed by atoms with Crippen molar-refractivity contribution in [2.75, 3.05) is 6.54 Å². The van der Waals surface area contributed by atoms with Crippen molar-refractivity contribution in [2.45, 2.75) is 6.42 Å². The van der Waals surface area contributed by atoms with Crippen LogP contribution in [-0.4, -0.2) is 23.6 Å². The van der Waals surface area contributed by atoms with Crippen LogP contribution in [0.5, 0.6) is 0 Å². The summed E-state index contributed by atoms with van der Waals surface area (Å²) in [6.45, 7) is 0.0823. The molecule has 1 aromatic heterocycles. The summed E-state index contributed by atoms with van der Waals surface area (Å²) in [6.07, 6.45) is -0.0370.